The summed E-state index contributed by atoms with van der Waals surface area (Å²) in [5.74, 6) is 0.00390. The number of carbonyl (C=O) groups excluding carboxylic acids is 1. The molecule has 2 aliphatic heterocycles. The molecule has 0 saturated carbocycles. The van der Waals surface area contributed by atoms with Crippen LogP contribution in [0.15, 0.2) is 11.6 Å². The van der Waals surface area contributed by atoms with Crippen molar-refractivity contribution in [3.05, 3.63) is 16.6 Å². The lowest BCUT2D eigenvalue weighted by molar-refractivity contribution is -0.135. The van der Waals surface area contributed by atoms with Crippen LogP contribution in [0.5, 0.6) is 0 Å². The molecule has 23 heavy (non-hydrogen) atoms. The van der Waals surface area contributed by atoms with Gasteiger partial charge in [0, 0.05) is 45.2 Å². The lowest BCUT2D eigenvalue weighted by Crippen LogP contribution is -2.44. The number of rotatable bonds is 5. The highest BCUT2D eigenvalue weighted by atomic mass is 32.1. The maximum absolute atomic E-state index is 11.6. The topological polar surface area (TPSA) is 54.9 Å². The van der Waals surface area contributed by atoms with Gasteiger partial charge in [-0.25, -0.2) is 4.98 Å². The number of hydrogen-bond donors (Lipinski definition) is 0. The standard InChI is InChI=1S/C16H25N3O3S/c1-18(2)15(20)12-21-13-9-16(22-11-13)3-6-19(7-4-16)10-14-17-5-8-23-14/h5,8,13H,3-4,6-7,9-12H2,1-2H3/t13-/m0/s1. The summed E-state index contributed by atoms with van der Waals surface area (Å²) in [5.41, 5.74) is -0.0504. The van der Waals surface area contributed by atoms with Crippen LogP contribution in [0, 0.1) is 0 Å². The van der Waals surface area contributed by atoms with E-state index in [-0.39, 0.29) is 24.2 Å². The molecule has 0 aliphatic carbocycles. The second kappa shape index (κ2) is 7.25. The Bertz CT molecular complexity index is 513. The second-order valence-corrected chi connectivity index (χ2v) is 7.60. The Morgan fingerprint density at radius 3 is 2.96 bits per heavy atom. The third-order valence-electron chi connectivity index (χ3n) is 4.73. The fourth-order valence-corrected chi connectivity index (χ4v) is 3.87. The Balaban J connectivity index is 1.43. The first-order valence-corrected chi connectivity index (χ1v) is 9.01. The van der Waals surface area contributed by atoms with Gasteiger partial charge in [-0.05, 0) is 12.8 Å². The highest BCUT2D eigenvalue weighted by Gasteiger charge is 2.43. The molecule has 2 fully saturated rings. The molecule has 1 amide bonds. The first-order chi connectivity index (χ1) is 11.1. The number of nitrogens with zero attached hydrogens (tertiary/aromatic N) is 3. The van der Waals surface area contributed by atoms with Gasteiger partial charge >= 0.3 is 0 Å². The molecule has 1 aromatic rings. The van der Waals surface area contributed by atoms with E-state index in [1.807, 2.05) is 11.6 Å². The van der Waals surface area contributed by atoms with E-state index in [2.05, 4.69) is 9.88 Å². The number of likely N-dealkylation sites (N-methyl/N-ethyl adjacent to an activating group) is 1. The van der Waals surface area contributed by atoms with Crippen molar-refractivity contribution in [1.29, 1.82) is 0 Å². The summed E-state index contributed by atoms with van der Waals surface area (Å²) in [6, 6.07) is 0. The summed E-state index contributed by atoms with van der Waals surface area (Å²) in [4.78, 5) is 20.0. The number of thiazole rings is 1. The Morgan fingerprint density at radius 1 is 1.52 bits per heavy atom. The van der Waals surface area contributed by atoms with Crippen molar-refractivity contribution in [3.63, 3.8) is 0 Å². The van der Waals surface area contributed by atoms with Crippen molar-refractivity contribution < 1.29 is 14.3 Å². The molecule has 0 unspecified atom stereocenters. The Morgan fingerprint density at radius 2 is 2.30 bits per heavy atom. The number of carbonyl (C=O) groups is 1. The van der Waals surface area contributed by atoms with Crippen LogP contribution in [0.1, 0.15) is 24.3 Å². The lowest BCUT2D eigenvalue weighted by atomic mass is 9.88. The molecule has 2 aliphatic rings. The summed E-state index contributed by atoms with van der Waals surface area (Å²) in [6.45, 7) is 3.75. The molecule has 0 radical (unpaired) electrons. The van der Waals surface area contributed by atoms with Crippen LogP contribution >= 0.6 is 11.3 Å². The first kappa shape index (κ1) is 16.8. The number of aromatic nitrogens is 1. The van der Waals surface area contributed by atoms with Crippen LogP contribution in [0.4, 0.5) is 0 Å². The van der Waals surface area contributed by atoms with Gasteiger partial charge in [0.1, 0.15) is 11.6 Å². The highest BCUT2D eigenvalue weighted by molar-refractivity contribution is 7.09. The van der Waals surface area contributed by atoms with Crippen molar-refractivity contribution in [2.45, 2.75) is 37.5 Å². The fraction of sp³-hybridized carbons (Fsp3) is 0.750. The van der Waals surface area contributed by atoms with Gasteiger partial charge in [-0.15, -0.1) is 11.3 Å². The summed E-state index contributed by atoms with van der Waals surface area (Å²) < 4.78 is 11.8. The number of likely N-dealkylation sites (tertiary alicyclic amines) is 1. The smallest absolute Gasteiger partial charge is 0.248 e. The average Bonchev–Trinajstić information content (AvgIpc) is 3.18. The van der Waals surface area contributed by atoms with Crippen LogP contribution in [0.25, 0.3) is 0 Å². The molecule has 3 heterocycles. The van der Waals surface area contributed by atoms with E-state index in [0.717, 1.165) is 38.9 Å². The summed E-state index contributed by atoms with van der Waals surface area (Å²) in [7, 11) is 3.49. The monoisotopic (exact) mass is 339 g/mol. The van der Waals surface area contributed by atoms with E-state index in [1.54, 1.807) is 30.3 Å². The third kappa shape index (κ3) is 4.29. The molecule has 1 aromatic heterocycles. The molecule has 3 rings (SSSR count). The van der Waals surface area contributed by atoms with Gasteiger partial charge in [-0.2, -0.15) is 0 Å². The Hall–Kier alpha value is -1.02. The van der Waals surface area contributed by atoms with E-state index >= 15 is 0 Å². The van der Waals surface area contributed by atoms with Crippen molar-refractivity contribution in [2.75, 3.05) is 40.4 Å². The SMILES string of the molecule is CN(C)C(=O)CO[C@@H]1COC2(CCN(Cc3nccs3)CC2)C1. The minimum absolute atomic E-state index is 0.00390. The lowest BCUT2D eigenvalue weighted by Gasteiger charge is -2.38. The molecule has 7 heteroatoms. The predicted octanol–water partition coefficient (Wildman–Crippen LogP) is 1.37. The maximum atomic E-state index is 11.6. The van der Waals surface area contributed by atoms with Crippen molar-refractivity contribution in [1.82, 2.24) is 14.8 Å². The molecule has 128 valence electrons. The van der Waals surface area contributed by atoms with Gasteiger partial charge in [0.2, 0.25) is 5.91 Å². The number of ether oxygens (including phenoxy) is 2. The average molecular weight is 339 g/mol. The van der Waals surface area contributed by atoms with E-state index in [9.17, 15) is 4.79 Å². The van der Waals surface area contributed by atoms with Gasteiger partial charge in [-0.3, -0.25) is 9.69 Å². The zero-order valence-corrected chi connectivity index (χ0v) is 14.7. The van der Waals surface area contributed by atoms with Gasteiger partial charge in [0.25, 0.3) is 0 Å². The van der Waals surface area contributed by atoms with Gasteiger partial charge in [-0.1, -0.05) is 0 Å². The predicted molar refractivity (Wildman–Crippen MR) is 88.4 cm³/mol. The third-order valence-corrected chi connectivity index (χ3v) is 5.49. The molecule has 0 bridgehead atoms. The van der Waals surface area contributed by atoms with Crippen LogP contribution in [0.3, 0.4) is 0 Å². The van der Waals surface area contributed by atoms with Gasteiger partial charge in [0.15, 0.2) is 0 Å². The maximum Gasteiger partial charge on any atom is 0.248 e. The second-order valence-electron chi connectivity index (χ2n) is 6.62. The van der Waals surface area contributed by atoms with Crippen LogP contribution in [0.2, 0.25) is 0 Å². The summed E-state index contributed by atoms with van der Waals surface area (Å²) >= 11 is 1.71. The minimum Gasteiger partial charge on any atom is -0.372 e. The van der Waals surface area contributed by atoms with Crippen LogP contribution in [-0.4, -0.2) is 72.8 Å². The van der Waals surface area contributed by atoms with Gasteiger partial charge < -0.3 is 14.4 Å². The normalized spacial score (nSPS) is 24.2. The molecular weight excluding hydrogens is 314 g/mol. The molecule has 2 saturated heterocycles. The molecule has 1 atom stereocenters. The molecule has 0 N–H and O–H groups in total. The molecule has 1 spiro atoms. The first-order valence-electron chi connectivity index (χ1n) is 8.13. The fourth-order valence-electron chi connectivity index (χ4n) is 3.22. The van der Waals surface area contributed by atoms with E-state index in [4.69, 9.17) is 9.47 Å². The number of amides is 1. The Kier molecular flexibility index (Phi) is 5.31. The quantitative estimate of drug-likeness (QED) is 0.811. The zero-order valence-electron chi connectivity index (χ0n) is 13.9. The number of piperidine rings is 1. The molecular formula is C16H25N3O3S. The van der Waals surface area contributed by atoms with Crippen molar-refractivity contribution in [2.24, 2.45) is 0 Å². The van der Waals surface area contributed by atoms with Crippen LogP contribution in [-0.2, 0) is 20.8 Å². The van der Waals surface area contributed by atoms with E-state index in [0.29, 0.717) is 6.61 Å². The molecule has 6 nitrogen and oxygen atoms in total. The zero-order chi connectivity index (χ0) is 16.3. The van der Waals surface area contributed by atoms with Crippen molar-refractivity contribution >= 4 is 17.2 Å². The summed E-state index contributed by atoms with van der Waals surface area (Å²) in [5, 5.41) is 3.20. The minimum atomic E-state index is -0.0504. The van der Waals surface area contributed by atoms with Gasteiger partial charge in [0.05, 0.1) is 24.9 Å². The highest BCUT2D eigenvalue weighted by Crippen LogP contribution is 2.37. The summed E-state index contributed by atoms with van der Waals surface area (Å²) in [6.07, 6.45) is 4.87. The largest absolute Gasteiger partial charge is 0.372 e. The molecule has 0 aromatic carbocycles. The number of hydrogen-bond acceptors (Lipinski definition) is 6. The van der Waals surface area contributed by atoms with Crippen molar-refractivity contribution in [3.8, 4) is 0 Å². The van der Waals surface area contributed by atoms with Crippen LogP contribution < -0.4 is 0 Å². The van der Waals surface area contributed by atoms with E-state index in [1.165, 1.54) is 5.01 Å². The van der Waals surface area contributed by atoms with E-state index < -0.39 is 0 Å². The Labute approximate surface area is 141 Å².